The monoisotopic (exact) mass is 350 g/mol. The number of phenolic OH excluding ortho intramolecular Hbond substituents is 4. The van der Waals surface area contributed by atoms with Crippen molar-refractivity contribution in [3.8, 4) is 23.0 Å². The van der Waals surface area contributed by atoms with E-state index in [0.29, 0.717) is 21.7 Å². The van der Waals surface area contributed by atoms with Gasteiger partial charge in [-0.2, -0.15) is 5.10 Å². The van der Waals surface area contributed by atoms with E-state index < -0.39 is 23.2 Å². The lowest BCUT2D eigenvalue weighted by atomic mass is 10.1. The van der Waals surface area contributed by atoms with Gasteiger partial charge < -0.3 is 20.4 Å². The Balaban J connectivity index is 2.21. The molecule has 0 saturated carbocycles. The van der Waals surface area contributed by atoms with E-state index in [1.165, 1.54) is 12.3 Å². The molecular formula is C16H15ClN2O5. The number of phenols is 4. The molecule has 24 heavy (non-hydrogen) atoms. The molecule has 126 valence electrons. The summed E-state index contributed by atoms with van der Waals surface area (Å²) in [4.78, 5) is 11.9. The molecule has 0 atom stereocenters. The van der Waals surface area contributed by atoms with Gasteiger partial charge in [-0.25, -0.2) is 5.43 Å². The molecule has 8 heteroatoms. The summed E-state index contributed by atoms with van der Waals surface area (Å²) in [6.45, 7) is 3.45. The van der Waals surface area contributed by atoms with Gasteiger partial charge in [0.15, 0.2) is 17.2 Å². The molecule has 0 spiro atoms. The summed E-state index contributed by atoms with van der Waals surface area (Å²) in [7, 11) is 0. The SMILES string of the molecule is Cc1cc(O)c(C=NNC(=O)c2cc(O)c(O)c(O)c2)c(C)c1Cl. The van der Waals surface area contributed by atoms with Crippen molar-refractivity contribution in [2.45, 2.75) is 13.8 Å². The van der Waals surface area contributed by atoms with Crippen LogP contribution in [0, 0.1) is 13.8 Å². The molecule has 7 nitrogen and oxygen atoms in total. The molecule has 0 saturated heterocycles. The van der Waals surface area contributed by atoms with Gasteiger partial charge in [0.05, 0.1) is 6.21 Å². The number of hydrazone groups is 1. The summed E-state index contributed by atoms with van der Waals surface area (Å²) in [6, 6.07) is 3.44. The van der Waals surface area contributed by atoms with Gasteiger partial charge in [-0.1, -0.05) is 11.6 Å². The van der Waals surface area contributed by atoms with E-state index in [-0.39, 0.29) is 11.3 Å². The lowest BCUT2D eigenvalue weighted by Gasteiger charge is -2.09. The third-order valence-corrected chi connectivity index (χ3v) is 3.98. The van der Waals surface area contributed by atoms with E-state index in [1.54, 1.807) is 13.8 Å². The minimum Gasteiger partial charge on any atom is -0.507 e. The number of aryl methyl sites for hydroxylation is 1. The Morgan fingerprint density at radius 1 is 1.08 bits per heavy atom. The van der Waals surface area contributed by atoms with Gasteiger partial charge in [-0.05, 0) is 43.2 Å². The minimum absolute atomic E-state index is 0.0349. The molecule has 2 rings (SSSR count). The summed E-state index contributed by atoms with van der Waals surface area (Å²) >= 11 is 6.10. The number of hydrogen-bond donors (Lipinski definition) is 5. The number of nitrogens with one attached hydrogen (secondary N) is 1. The van der Waals surface area contributed by atoms with Crippen LogP contribution in [0.25, 0.3) is 0 Å². The van der Waals surface area contributed by atoms with Crippen molar-refractivity contribution in [2.24, 2.45) is 5.10 Å². The van der Waals surface area contributed by atoms with Crippen molar-refractivity contribution < 1.29 is 25.2 Å². The molecule has 0 radical (unpaired) electrons. The van der Waals surface area contributed by atoms with Crippen LogP contribution in [-0.2, 0) is 0 Å². The Kier molecular flexibility index (Phi) is 4.85. The topological polar surface area (TPSA) is 122 Å². The zero-order chi connectivity index (χ0) is 18.0. The molecule has 0 fully saturated rings. The van der Waals surface area contributed by atoms with Crippen LogP contribution in [0.5, 0.6) is 23.0 Å². The predicted octanol–water partition coefficient (Wildman–Crippen LogP) is 2.54. The molecule has 5 N–H and O–H groups in total. The molecule has 0 aliphatic rings. The van der Waals surface area contributed by atoms with E-state index >= 15 is 0 Å². The molecular weight excluding hydrogens is 336 g/mol. The fourth-order valence-electron chi connectivity index (χ4n) is 2.07. The van der Waals surface area contributed by atoms with Crippen molar-refractivity contribution >= 4 is 23.7 Å². The fraction of sp³-hybridized carbons (Fsp3) is 0.125. The number of hydrogen-bond acceptors (Lipinski definition) is 6. The second kappa shape index (κ2) is 6.67. The van der Waals surface area contributed by atoms with Crippen LogP contribution in [0.1, 0.15) is 27.0 Å². The van der Waals surface area contributed by atoms with Crippen molar-refractivity contribution in [1.29, 1.82) is 0 Å². The molecule has 0 aliphatic carbocycles. The van der Waals surface area contributed by atoms with Crippen molar-refractivity contribution in [3.63, 3.8) is 0 Å². The molecule has 0 aliphatic heterocycles. The van der Waals surface area contributed by atoms with Crippen LogP contribution in [0.4, 0.5) is 0 Å². The maximum Gasteiger partial charge on any atom is 0.271 e. The first-order chi connectivity index (χ1) is 11.2. The first kappa shape index (κ1) is 17.4. The van der Waals surface area contributed by atoms with Gasteiger partial charge in [0.25, 0.3) is 5.91 Å². The molecule has 1 amide bonds. The Labute approximate surface area is 142 Å². The lowest BCUT2D eigenvalue weighted by Crippen LogP contribution is -2.17. The second-order valence-electron chi connectivity index (χ2n) is 5.13. The number of amides is 1. The van der Waals surface area contributed by atoms with Crippen LogP contribution in [0.2, 0.25) is 5.02 Å². The second-order valence-corrected chi connectivity index (χ2v) is 5.51. The molecule has 0 unspecified atom stereocenters. The number of carbonyl (C=O) groups excluding carboxylic acids is 1. The molecule has 2 aromatic carbocycles. The van der Waals surface area contributed by atoms with Gasteiger partial charge in [-0.3, -0.25) is 4.79 Å². The van der Waals surface area contributed by atoms with Gasteiger partial charge in [0, 0.05) is 16.1 Å². The lowest BCUT2D eigenvalue weighted by molar-refractivity contribution is 0.0954. The highest BCUT2D eigenvalue weighted by Gasteiger charge is 2.13. The summed E-state index contributed by atoms with van der Waals surface area (Å²) in [6.07, 6.45) is 1.23. The van der Waals surface area contributed by atoms with Crippen molar-refractivity contribution in [2.75, 3.05) is 0 Å². The normalized spacial score (nSPS) is 11.0. The predicted molar refractivity (Wildman–Crippen MR) is 89.1 cm³/mol. The zero-order valence-electron chi connectivity index (χ0n) is 12.8. The Hall–Kier alpha value is -2.93. The van der Waals surface area contributed by atoms with E-state index in [0.717, 1.165) is 12.1 Å². The Bertz CT molecular complexity index is 826. The van der Waals surface area contributed by atoms with Gasteiger partial charge in [-0.15, -0.1) is 0 Å². The van der Waals surface area contributed by atoms with Crippen LogP contribution in [0.15, 0.2) is 23.3 Å². The summed E-state index contributed by atoms with van der Waals surface area (Å²) in [5, 5.41) is 42.1. The van der Waals surface area contributed by atoms with Gasteiger partial charge >= 0.3 is 0 Å². The molecule has 0 bridgehead atoms. The van der Waals surface area contributed by atoms with Crippen LogP contribution < -0.4 is 5.43 Å². The Morgan fingerprint density at radius 3 is 2.25 bits per heavy atom. The van der Waals surface area contributed by atoms with Crippen LogP contribution in [0.3, 0.4) is 0 Å². The van der Waals surface area contributed by atoms with Crippen molar-refractivity contribution in [1.82, 2.24) is 5.43 Å². The quantitative estimate of drug-likeness (QED) is 0.331. The number of carbonyl (C=O) groups is 1. The average Bonchev–Trinajstić information content (AvgIpc) is 2.53. The number of aromatic hydroxyl groups is 4. The first-order valence-electron chi connectivity index (χ1n) is 6.79. The highest BCUT2D eigenvalue weighted by atomic mass is 35.5. The molecule has 0 aromatic heterocycles. The molecule has 0 heterocycles. The number of rotatable bonds is 3. The Morgan fingerprint density at radius 2 is 1.67 bits per heavy atom. The van der Waals surface area contributed by atoms with Crippen LogP contribution >= 0.6 is 11.6 Å². The average molecular weight is 351 g/mol. The smallest absolute Gasteiger partial charge is 0.271 e. The maximum absolute atomic E-state index is 11.9. The van der Waals surface area contributed by atoms with E-state index in [4.69, 9.17) is 11.6 Å². The number of benzene rings is 2. The van der Waals surface area contributed by atoms with Crippen LogP contribution in [-0.4, -0.2) is 32.5 Å². The van der Waals surface area contributed by atoms with Gasteiger partial charge in [0.1, 0.15) is 5.75 Å². The van der Waals surface area contributed by atoms with E-state index in [2.05, 4.69) is 10.5 Å². The van der Waals surface area contributed by atoms with Gasteiger partial charge in [0.2, 0.25) is 0 Å². The van der Waals surface area contributed by atoms with Crippen molar-refractivity contribution in [3.05, 3.63) is 45.5 Å². The summed E-state index contributed by atoms with van der Waals surface area (Å²) in [5.74, 6) is -2.75. The third kappa shape index (κ3) is 3.36. The fourth-order valence-corrected chi connectivity index (χ4v) is 2.23. The highest BCUT2D eigenvalue weighted by molar-refractivity contribution is 6.32. The minimum atomic E-state index is -0.729. The summed E-state index contributed by atoms with van der Waals surface area (Å²) in [5.41, 5.74) is 3.74. The maximum atomic E-state index is 11.9. The van der Waals surface area contributed by atoms with E-state index in [9.17, 15) is 25.2 Å². The summed E-state index contributed by atoms with van der Waals surface area (Å²) < 4.78 is 0. The first-order valence-corrected chi connectivity index (χ1v) is 7.17. The molecule has 2 aromatic rings. The largest absolute Gasteiger partial charge is 0.507 e. The van der Waals surface area contributed by atoms with E-state index in [1.807, 2.05) is 0 Å². The third-order valence-electron chi connectivity index (χ3n) is 3.40. The number of nitrogens with zero attached hydrogens (tertiary/aromatic N) is 1. The highest BCUT2D eigenvalue weighted by Crippen LogP contribution is 2.35. The standard InChI is InChI=1S/C16H15ClN2O5/c1-7-3-11(20)10(8(2)14(7)17)6-18-19-16(24)9-4-12(21)15(23)13(22)5-9/h3-6,20-23H,1-2H3,(H,19,24). The zero-order valence-corrected chi connectivity index (χ0v) is 13.6. The number of halogens is 1.